The monoisotopic (exact) mass is 526 g/mol. The summed E-state index contributed by atoms with van der Waals surface area (Å²) in [6.07, 6.45) is 12.6. The summed E-state index contributed by atoms with van der Waals surface area (Å²) in [5.41, 5.74) is 13.7. The van der Waals surface area contributed by atoms with Crippen molar-refractivity contribution >= 4 is 28.5 Å². The van der Waals surface area contributed by atoms with E-state index < -0.39 is 0 Å². The highest BCUT2D eigenvalue weighted by atomic mass is 14.9. The van der Waals surface area contributed by atoms with Crippen molar-refractivity contribution in [3.8, 4) is 0 Å². The van der Waals surface area contributed by atoms with Crippen molar-refractivity contribution in [3.63, 3.8) is 0 Å². The van der Waals surface area contributed by atoms with Gasteiger partial charge in [-0.25, -0.2) is 0 Å². The fourth-order valence-electron chi connectivity index (χ4n) is 5.16. The molecule has 3 aromatic rings. The molecule has 1 aliphatic carbocycles. The molecule has 7 aliphatic heterocycles. The number of allylic oxidation sites excluding steroid dienone is 8. The van der Waals surface area contributed by atoms with Crippen LogP contribution in [0.1, 0.15) is 57.2 Å². The van der Waals surface area contributed by atoms with Gasteiger partial charge in [-0.1, -0.05) is 48.0 Å². The number of aliphatic imine (C=N–C) groups is 2. The summed E-state index contributed by atoms with van der Waals surface area (Å²) in [4.78, 5) is 9.60. The SMILES string of the molecule is C/C1=C/C(C)=N/c2ccc(cc2)Cc2ccc(cc2)/N=C(C)/C=C(/C)Nc2ccc(cc2)CC2=CC=C(CC2)N1. The van der Waals surface area contributed by atoms with Crippen LogP contribution in [0.5, 0.6) is 0 Å². The maximum atomic E-state index is 4.81. The van der Waals surface area contributed by atoms with Crippen molar-refractivity contribution in [1.82, 2.24) is 5.32 Å². The van der Waals surface area contributed by atoms with Gasteiger partial charge in [0, 0.05) is 34.2 Å². The Morgan fingerprint density at radius 3 is 1.55 bits per heavy atom. The summed E-state index contributed by atoms with van der Waals surface area (Å²) in [5, 5.41) is 7.08. The van der Waals surface area contributed by atoms with E-state index in [1.54, 1.807) is 0 Å². The molecule has 4 heteroatoms. The van der Waals surface area contributed by atoms with E-state index in [0.717, 1.165) is 65.6 Å². The second-order valence-electron chi connectivity index (χ2n) is 10.8. The molecule has 0 amide bonds. The van der Waals surface area contributed by atoms with E-state index in [2.05, 4.69) is 129 Å². The lowest BCUT2D eigenvalue weighted by atomic mass is 9.96. The summed E-state index contributed by atoms with van der Waals surface area (Å²) < 4.78 is 0. The molecule has 8 bridgehead atoms. The lowest BCUT2D eigenvalue weighted by Gasteiger charge is -2.17. The fraction of sp³-hybridized carbons (Fsp3) is 0.222. The topological polar surface area (TPSA) is 48.8 Å². The van der Waals surface area contributed by atoms with Crippen molar-refractivity contribution in [1.29, 1.82) is 0 Å². The van der Waals surface area contributed by atoms with Gasteiger partial charge in [0.15, 0.2) is 0 Å². The minimum absolute atomic E-state index is 0.877. The van der Waals surface area contributed by atoms with Crippen LogP contribution in [0.2, 0.25) is 0 Å². The molecule has 0 saturated carbocycles. The van der Waals surface area contributed by atoms with E-state index in [1.807, 2.05) is 6.92 Å². The Balaban J connectivity index is 1.42. The molecule has 0 aromatic heterocycles. The third-order valence-electron chi connectivity index (χ3n) is 7.06. The van der Waals surface area contributed by atoms with Gasteiger partial charge in [-0.2, -0.15) is 0 Å². The first-order valence-corrected chi connectivity index (χ1v) is 14.0. The third-order valence-corrected chi connectivity index (χ3v) is 7.06. The van der Waals surface area contributed by atoms with Crippen LogP contribution in [0.4, 0.5) is 17.1 Å². The van der Waals surface area contributed by atoms with E-state index in [9.17, 15) is 0 Å². The van der Waals surface area contributed by atoms with Crippen LogP contribution in [-0.2, 0) is 12.8 Å². The molecule has 0 radical (unpaired) electrons. The molecular weight excluding hydrogens is 488 g/mol. The second kappa shape index (κ2) is 12.6. The fourth-order valence-corrected chi connectivity index (χ4v) is 5.16. The van der Waals surface area contributed by atoms with Crippen molar-refractivity contribution in [2.24, 2.45) is 9.98 Å². The van der Waals surface area contributed by atoms with Crippen LogP contribution >= 0.6 is 0 Å². The minimum atomic E-state index is 0.877. The van der Waals surface area contributed by atoms with Crippen LogP contribution in [0.3, 0.4) is 0 Å². The van der Waals surface area contributed by atoms with Crippen LogP contribution in [-0.4, -0.2) is 11.4 Å². The molecule has 11 rings (SSSR count). The molecule has 2 N–H and O–H groups in total. The molecule has 202 valence electrons. The highest BCUT2D eigenvalue weighted by Crippen LogP contribution is 2.23. The Hall–Kier alpha value is -4.44. The Bertz CT molecular complexity index is 1530. The van der Waals surface area contributed by atoms with Crippen molar-refractivity contribution in [2.75, 3.05) is 5.32 Å². The first-order valence-electron chi connectivity index (χ1n) is 14.0. The molecule has 40 heavy (non-hydrogen) atoms. The van der Waals surface area contributed by atoms with Gasteiger partial charge in [0.2, 0.25) is 0 Å². The first-order chi connectivity index (χ1) is 19.4. The van der Waals surface area contributed by atoms with E-state index in [4.69, 9.17) is 9.98 Å². The number of benzene rings is 3. The maximum absolute atomic E-state index is 4.81. The van der Waals surface area contributed by atoms with Gasteiger partial charge < -0.3 is 10.6 Å². The van der Waals surface area contributed by atoms with Crippen LogP contribution in [0.25, 0.3) is 0 Å². The van der Waals surface area contributed by atoms with Crippen molar-refractivity contribution < 1.29 is 0 Å². The molecular formula is C36H38N4. The van der Waals surface area contributed by atoms with Gasteiger partial charge in [-0.15, -0.1) is 0 Å². The number of rotatable bonds is 0. The third kappa shape index (κ3) is 7.79. The highest BCUT2D eigenvalue weighted by molar-refractivity contribution is 5.96. The molecule has 0 fully saturated rings. The molecule has 7 heterocycles. The standard InChI is InChI=1S/C36H38N4/c1-25-21-26(2)38-34-15-7-30(8-16-34)24-32-11-19-36(20-12-32)40-28(4)22-27(3)39-35-17-9-31(10-18-35)23-29-5-13-33(37-25)14-6-29/h5-11,13-19,21-22,38,40H,12,20,23-24H2,1-4H3/b26-21-,28-22-,37-25+,39-27+. The Labute approximate surface area is 238 Å². The zero-order chi connectivity index (χ0) is 27.9. The van der Waals surface area contributed by atoms with E-state index >= 15 is 0 Å². The van der Waals surface area contributed by atoms with Gasteiger partial charge >= 0.3 is 0 Å². The van der Waals surface area contributed by atoms with Gasteiger partial charge in [0.25, 0.3) is 0 Å². The number of nitrogens with one attached hydrogen (secondary N) is 2. The van der Waals surface area contributed by atoms with Crippen LogP contribution in [0.15, 0.2) is 130 Å². The molecule has 8 aliphatic rings. The summed E-state index contributed by atoms with van der Waals surface area (Å²) >= 11 is 0. The summed E-state index contributed by atoms with van der Waals surface area (Å²) in [6, 6.07) is 25.8. The Kier molecular flexibility index (Phi) is 8.56. The predicted molar refractivity (Wildman–Crippen MR) is 171 cm³/mol. The minimum Gasteiger partial charge on any atom is -0.362 e. The number of nitrogens with zero attached hydrogens (tertiary/aromatic N) is 2. The average molecular weight is 527 g/mol. The first kappa shape index (κ1) is 27.1. The summed E-state index contributed by atoms with van der Waals surface area (Å²) in [5.74, 6) is 0. The lowest BCUT2D eigenvalue weighted by molar-refractivity contribution is 0.796. The van der Waals surface area contributed by atoms with Crippen LogP contribution in [0, 0.1) is 0 Å². The average Bonchev–Trinajstić information content (AvgIpc) is 2.92. The highest BCUT2D eigenvalue weighted by Gasteiger charge is 2.08. The Morgan fingerprint density at radius 2 is 1.02 bits per heavy atom. The number of hydrogen-bond acceptors (Lipinski definition) is 4. The molecule has 4 nitrogen and oxygen atoms in total. The maximum Gasteiger partial charge on any atom is 0.0633 e. The van der Waals surface area contributed by atoms with Gasteiger partial charge in [0.1, 0.15) is 0 Å². The zero-order valence-electron chi connectivity index (χ0n) is 24.0. The van der Waals surface area contributed by atoms with Gasteiger partial charge in [0.05, 0.1) is 11.4 Å². The Morgan fingerprint density at radius 1 is 0.525 bits per heavy atom. The zero-order valence-corrected chi connectivity index (χ0v) is 24.0. The molecule has 0 atom stereocenters. The van der Waals surface area contributed by atoms with Crippen molar-refractivity contribution in [2.45, 2.75) is 53.4 Å². The van der Waals surface area contributed by atoms with E-state index in [1.165, 1.54) is 28.0 Å². The molecule has 0 unspecified atom stereocenters. The van der Waals surface area contributed by atoms with E-state index in [0.29, 0.717) is 0 Å². The predicted octanol–water partition coefficient (Wildman–Crippen LogP) is 9.13. The van der Waals surface area contributed by atoms with Gasteiger partial charge in [-0.3, -0.25) is 9.98 Å². The summed E-state index contributed by atoms with van der Waals surface area (Å²) in [7, 11) is 0. The van der Waals surface area contributed by atoms with Gasteiger partial charge in [-0.05, 0) is 125 Å². The molecule has 3 aromatic carbocycles. The summed E-state index contributed by atoms with van der Waals surface area (Å²) in [6.45, 7) is 8.27. The molecule has 0 spiro atoms. The number of hydrogen-bond donors (Lipinski definition) is 2. The van der Waals surface area contributed by atoms with Crippen molar-refractivity contribution in [3.05, 3.63) is 136 Å². The second-order valence-corrected chi connectivity index (χ2v) is 10.8. The largest absolute Gasteiger partial charge is 0.362 e. The number of anilines is 1. The lowest BCUT2D eigenvalue weighted by Crippen LogP contribution is -2.13. The normalized spacial score (nSPS) is 21.6. The van der Waals surface area contributed by atoms with Crippen LogP contribution < -0.4 is 10.6 Å². The van der Waals surface area contributed by atoms with E-state index in [-0.39, 0.29) is 0 Å². The quantitative estimate of drug-likeness (QED) is 0.307. The smallest absolute Gasteiger partial charge is 0.0633 e. The molecule has 0 saturated heterocycles.